The second-order valence-electron chi connectivity index (χ2n) is 3.82. The zero-order valence-corrected chi connectivity index (χ0v) is 9.64. The first kappa shape index (κ1) is 13.1. The van der Waals surface area contributed by atoms with E-state index in [0.29, 0.717) is 5.56 Å². The second kappa shape index (κ2) is 5.40. The van der Waals surface area contributed by atoms with Crippen LogP contribution in [0.15, 0.2) is 18.2 Å². The predicted octanol–water partition coefficient (Wildman–Crippen LogP) is 1.01. The van der Waals surface area contributed by atoms with Gasteiger partial charge >= 0.3 is 0 Å². The average molecular weight is 238 g/mol. The lowest BCUT2D eigenvalue weighted by molar-refractivity contribution is -0.384. The number of nitrogens with zero attached hydrogens (tertiary/aromatic N) is 1. The van der Waals surface area contributed by atoms with E-state index in [9.17, 15) is 14.9 Å². The number of nitro benzene ring substituents is 1. The molecule has 0 saturated carbocycles. The Morgan fingerprint density at radius 2 is 2.24 bits per heavy atom. The maximum absolute atomic E-state index is 11.7. The fraction of sp³-hybridized carbons (Fsp3) is 0.364. The van der Waals surface area contributed by atoms with E-state index in [1.165, 1.54) is 18.2 Å². The first-order valence-electron chi connectivity index (χ1n) is 5.13. The van der Waals surface area contributed by atoms with Gasteiger partial charge in [0.25, 0.3) is 11.6 Å². The lowest BCUT2D eigenvalue weighted by Crippen LogP contribution is -2.31. The van der Waals surface area contributed by atoms with Crippen molar-refractivity contribution >= 4 is 11.6 Å². The molecule has 0 aliphatic rings. The average Bonchev–Trinajstić information content (AvgIpc) is 2.26. The summed E-state index contributed by atoms with van der Waals surface area (Å²) >= 11 is 0. The van der Waals surface area contributed by atoms with Crippen LogP contribution in [0.3, 0.4) is 0 Å². The van der Waals surface area contributed by atoms with Crippen LogP contribution in [0.2, 0.25) is 0 Å². The van der Waals surface area contributed by atoms with Gasteiger partial charge in [-0.15, -0.1) is 0 Å². The highest BCUT2D eigenvalue weighted by Crippen LogP contribution is 2.17. The third-order valence-electron chi connectivity index (χ3n) is 2.23. The molecule has 1 aromatic rings. The summed E-state index contributed by atoms with van der Waals surface area (Å²) in [4.78, 5) is 21.7. The number of nitro groups is 1. The largest absolute Gasteiger partial charge is 0.392 e. The Morgan fingerprint density at radius 1 is 1.59 bits per heavy atom. The van der Waals surface area contributed by atoms with Crippen LogP contribution in [0.25, 0.3) is 0 Å². The van der Waals surface area contributed by atoms with E-state index in [4.69, 9.17) is 5.11 Å². The van der Waals surface area contributed by atoms with Gasteiger partial charge in [0.1, 0.15) is 0 Å². The zero-order valence-electron chi connectivity index (χ0n) is 9.64. The minimum absolute atomic E-state index is 0.112. The fourth-order valence-corrected chi connectivity index (χ4v) is 1.30. The van der Waals surface area contributed by atoms with Crippen molar-refractivity contribution in [3.8, 4) is 0 Å². The number of hydrogen-bond donors (Lipinski definition) is 2. The van der Waals surface area contributed by atoms with Crippen LogP contribution in [0, 0.1) is 17.0 Å². The molecule has 17 heavy (non-hydrogen) atoms. The Bertz CT molecular complexity index is 443. The maximum Gasteiger partial charge on any atom is 0.270 e. The van der Waals surface area contributed by atoms with E-state index in [1.54, 1.807) is 13.8 Å². The van der Waals surface area contributed by atoms with Crippen LogP contribution in [-0.4, -0.2) is 28.6 Å². The Balaban J connectivity index is 2.92. The van der Waals surface area contributed by atoms with E-state index < -0.39 is 16.9 Å². The van der Waals surface area contributed by atoms with Crippen LogP contribution in [0.1, 0.15) is 22.8 Å². The van der Waals surface area contributed by atoms with Crippen molar-refractivity contribution in [1.82, 2.24) is 5.32 Å². The number of amides is 1. The molecule has 0 spiro atoms. The Morgan fingerprint density at radius 3 is 2.76 bits per heavy atom. The molecule has 0 aliphatic heterocycles. The first-order chi connectivity index (χ1) is 7.91. The molecule has 0 fully saturated rings. The molecule has 0 aromatic heterocycles. The molecule has 1 amide bonds. The van der Waals surface area contributed by atoms with Gasteiger partial charge in [-0.25, -0.2) is 0 Å². The van der Waals surface area contributed by atoms with Gasteiger partial charge in [-0.1, -0.05) is 6.07 Å². The molecule has 6 nitrogen and oxygen atoms in total. The number of rotatable bonds is 4. The molecule has 0 aliphatic carbocycles. The van der Waals surface area contributed by atoms with Gasteiger partial charge in [0.05, 0.1) is 11.0 Å². The van der Waals surface area contributed by atoms with E-state index in [0.717, 1.165) is 0 Å². The van der Waals surface area contributed by atoms with Gasteiger partial charge in [0.15, 0.2) is 0 Å². The maximum atomic E-state index is 11.7. The zero-order chi connectivity index (χ0) is 13.0. The molecule has 2 N–H and O–H groups in total. The Kier molecular flexibility index (Phi) is 4.17. The molecule has 0 saturated heterocycles. The van der Waals surface area contributed by atoms with Gasteiger partial charge in [-0.05, 0) is 19.4 Å². The van der Waals surface area contributed by atoms with Crippen molar-refractivity contribution in [3.63, 3.8) is 0 Å². The minimum atomic E-state index is -0.655. The lowest BCUT2D eigenvalue weighted by Gasteiger charge is -2.08. The molecule has 1 atom stereocenters. The van der Waals surface area contributed by atoms with Crippen molar-refractivity contribution < 1.29 is 14.8 Å². The summed E-state index contributed by atoms with van der Waals surface area (Å²) in [6, 6.07) is 4.10. The molecular weight excluding hydrogens is 224 g/mol. The summed E-state index contributed by atoms with van der Waals surface area (Å²) in [6.07, 6.45) is -0.655. The number of benzene rings is 1. The molecule has 1 rings (SSSR count). The number of carbonyl (C=O) groups is 1. The van der Waals surface area contributed by atoms with Gasteiger partial charge < -0.3 is 10.4 Å². The number of aliphatic hydroxyl groups excluding tert-OH is 1. The summed E-state index contributed by atoms with van der Waals surface area (Å²) in [5.41, 5.74) is 0.774. The highest BCUT2D eigenvalue weighted by Gasteiger charge is 2.14. The molecule has 6 heteroatoms. The van der Waals surface area contributed by atoms with E-state index >= 15 is 0 Å². The molecule has 92 valence electrons. The third kappa shape index (κ3) is 3.53. The van der Waals surface area contributed by atoms with Crippen LogP contribution in [0.4, 0.5) is 5.69 Å². The predicted molar refractivity (Wildman–Crippen MR) is 61.8 cm³/mol. The van der Waals surface area contributed by atoms with Crippen LogP contribution >= 0.6 is 0 Å². The van der Waals surface area contributed by atoms with Crippen LogP contribution in [0.5, 0.6) is 0 Å². The number of aryl methyl sites for hydroxylation is 1. The SMILES string of the molecule is Cc1ccc([N+](=O)[O-])cc1C(=O)NC[C@H](C)O. The normalized spacial score (nSPS) is 11.9. The van der Waals surface area contributed by atoms with E-state index in [2.05, 4.69) is 5.32 Å². The van der Waals surface area contributed by atoms with Crippen LogP contribution in [-0.2, 0) is 0 Å². The van der Waals surface area contributed by atoms with Gasteiger partial charge in [0.2, 0.25) is 0 Å². The summed E-state index contributed by atoms with van der Waals surface area (Å²) in [7, 11) is 0. The molecule has 0 unspecified atom stereocenters. The monoisotopic (exact) mass is 238 g/mol. The number of carbonyl (C=O) groups excluding carboxylic acids is 1. The number of aliphatic hydroxyl groups is 1. The minimum Gasteiger partial charge on any atom is -0.392 e. The topological polar surface area (TPSA) is 92.5 Å². The Labute approximate surface area is 98.4 Å². The number of hydrogen-bond acceptors (Lipinski definition) is 4. The van der Waals surface area contributed by atoms with Gasteiger partial charge in [-0.2, -0.15) is 0 Å². The summed E-state index contributed by atoms with van der Waals surface area (Å²) in [5, 5.41) is 22.1. The highest BCUT2D eigenvalue weighted by molar-refractivity contribution is 5.96. The van der Waals surface area contributed by atoms with Crippen molar-refractivity contribution in [2.45, 2.75) is 20.0 Å². The Hall–Kier alpha value is -1.95. The molecule has 1 aromatic carbocycles. The van der Waals surface area contributed by atoms with Crippen molar-refractivity contribution in [2.75, 3.05) is 6.54 Å². The quantitative estimate of drug-likeness (QED) is 0.605. The van der Waals surface area contributed by atoms with E-state index in [1.807, 2.05) is 0 Å². The number of nitrogens with one attached hydrogen (secondary N) is 1. The summed E-state index contributed by atoms with van der Waals surface area (Å²) in [6.45, 7) is 3.35. The summed E-state index contributed by atoms with van der Waals surface area (Å²) in [5.74, 6) is -0.424. The third-order valence-corrected chi connectivity index (χ3v) is 2.23. The lowest BCUT2D eigenvalue weighted by atomic mass is 10.1. The molecule has 0 heterocycles. The van der Waals surface area contributed by atoms with Crippen molar-refractivity contribution in [3.05, 3.63) is 39.4 Å². The first-order valence-corrected chi connectivity index (χ1v) is 5.13. The number of non-ortho nitro benzene ring substituents is 1. The van der Waals surface area contributed by atoms with Crippen molar-refractivity contribution in [1.29, 1.82) is 0 Å². The van der Waals surface area contributed by atoms with Gasteiger partial charge in [-0.3, -0.25) is 14.9 Å². The standard InChI is InChI=1S/C11H14N2O4/c1-7-3-4-9(13(16)17)5-10(7)11(15)12-6-8(2)14/h3-5,8,14H,6H2,1-2H3,(H,12,15)/t8-/m0/s1. The molecule has 0 radical (unpaired) electrons. The molecule has 0 bridgehead atoms. The van der Waals surface area contributed by atoms with Crippen LogP contribution < -0.4 is 5.32 Å². The highest BCUT2D eigenvalue weighted by atomic mass is 16.6. The molecular formula is C11H14N2O4. The van der Waals surface area contributed by atoms with Gasteiger partial charge in [0, 0.05) is 24.2 Å². The summed E-state index contributed by atoms with van der Waals surface area (Å²) < 4.78 is 0. The van der Waals surface area contributed by atoms with Crippen molar-refractivity contribution in [2.24, 2.45) is 0 Å². The second-order valence-corrected chi connectivity index (χ2v) is 3.82. The fourth-order valence-electron chi connectivity index (χ4n) is 1.30. The smallest absolute Gasteiger partial charge is 0.270 e. The van der Waals surface area contributed by atoms with E-state index in [-0.39, 0.29) is 17.8 Å².